The number of nitrogens with one attached hydrogen (secondary N) is 1. The molecule has 0 aliphatic carbocycles. The van der Waals surface area contributed by atoms with Crippen molar-refractivity contribution in [3.63, 3.8) is 0 Å². The van der Waals surface area contributed by atoms with E-state index in [1.165, 1.54) is 38.8 Å². The van der Waals surface area contributed by atoms with E-state index >= 15 is 0 Å². The molecule has 1 saturated heterocycles. The lowest BCUT2D eigenvalue weighted by Gasteiger charge is -2.41. The van der Waals surface area contributed by atoms with Crippen LogP contribution in [0, 0.1) is 5.41 Å². The molecular formula is C16H34N2O. The molecule has 0 aromatic heterocycles. The molecule has 0 aromatic rings. The number of rotatable bonds is 9. The van der Waals surface area contributed by atoms with Gasteiger partial charge in [-0.15, -0.1) is 0 Å². The van der Waals surface area contributed by atoms with Crippen LogP contribution in [0.1, 0.15) is 53.4 Å². The molecule has 0 aromatic carbocycles. The molecule has 114 valence electrons. The van der Waals surface area contributed by atoms with E-state index in [1.54, 1.807) is 0 Å². The van der Waals surface area contributed by atoms with Gasteiger partial charge in [-0.25, -0.2) is 0 Å². The van der Waals surface area contributed by atoms with E-state index in [4.69, 9.17) is 4.74 Å². The Hall–Kier alpha value is -0.120. The lowest BCUT2D eigenvalue weighted by Crippen LogP contribution is -2.48. The second-order valence-electron chi connectivity index (χ2n) is 5.94. The van der Waals surface area contributed by atoms with Crippen molar-refractivity contribution in [2.75, 3.05) is 39.3 Å². The quantitative estimate of drug-likeness (QED) is 0.697. The molecule has 1 aliphatic rings. The van der Waals surface area contributed by atoms with Gasteiger partial charge in [0.15, 0.2) is 0 Å². The average molecular weight is 270 g/mol. The number of nitrogens with zero attached hydrogens (tertiary/aromatic N) is 1. The van der Waals surface area contributed by atoms with Crippen molar-refractivity contribution in [2.45, 2.75) is 59.5 Å². The Labute approximate surface area is 120 Å². The van der Waals surface area contributed by atoms with E-state index in [-0.39, 0.29) is 0 Å². The van der Waals surface area contributed by atoms with E-state index in [1.807, 2.05) is 0 Å². The topological polar surface area (TPSA) is 24.5 Å². The van der Waals surface area contributed by atoms with Crippen molar-refractivity contribution in [3.8, 4) is 0 Å². The van der Waals surface area contributed by atoms with Crippen LogP contribution in [0.5, 0.6) is 0 Å². The molecule has 0 bridgehead atoms. The number of ether oxygens (including phenoxy) is 1. The Bertz CT molecular complexity index is 227. The Morgan fingerprint density at radius 3 is 2.53 bits per heavy atom. The molecule has 0 amide bonds. The van der Waals surface area contributed by atoms with Gasteiger partial charge in [-0.2, -0.15) is 0 Å². The zero-order valence-electron chi connectivity index (χ0n) is 13.5. The Balaban J connectivity index is 2.52. The van der Waals surface area contributed by atoms with Crippen molar-refractivity contribution < 1.29 is 4.74 Å². The maximum absolute atomic E-state index is 5.82. The SMILES string of the molecule is CCNCC(CC)(CC)CN1CCCC(OCC)C1. The van der Waals surface area contributed by atoms with E-state index in [0.29, 0.717) is 11.5 Å². The molecule has 1 aliphatic heterocycles. The second-order valence-corrected chi connectivity index (χ2v) is 5.94. The van der Waals surface area contributed by atoms with E-state index < -0.39 is 0 Å². The minimum absolute atomic E-state index is 0.435. The van der Waals surface area contributed by atoms with Crippen molar-refractivity contribution in [1.29, 1.82) is 0 Å². The first-order chi connectivity index (χ1) is 9.19. The smallest absolute Gasteiger partial charge is 0.0702 e. The monoisotopic (exact) mass is 270 g/mol. The molecule has 1 unspecified atom stereocenters. The van der Waals surface area contributed by atoms with Crippen LogP contribution in [0.4, 0.5) is 0 Å². The molecule has 0 spiro atoms. The zero-order valence-corrected chi connectivity index (χ0v) is 13.5. The molecule has 1 heterocycles. The van der Waals surface area contributed by atoms with Crippen LogP contribution in [0.25, 0.3) is 0 Å². The summed E-state index contributed by atoms with van der Waals surface area (Å²) in [4.78, 5) is 2.63. The van der Waals surface area contributed by atoms with Crippen LogP contribution >= 0.6 is 0 Å². The summed E-state index contributed by atoms with van der Waals surface area (Å²) < 4.78 is 5.82. The van der Waals surface area contributed by atoms with Crippen LogP contribution in [0.2, 0.25) is 0 Å². The third kappa shape index (κ3) is 5.41. The third-order valence-corrected chi connectivity index (χ3v) is 4.67. The van der Waals surface area contributed by atoms with Gasteiger partial charge in [0.05, 0.1) is 6.10 Å². The van der Waals surface area contributed by atoms with Crippen LogP contribution in [-0.4, -0.2) is 50.3 Å². The molecule has 1 atom stereocenters. The first-order valence-electron chi connectivity index (χ1n) is 8.24. The minimum atomic E-state index is 0.435. The zero-order chi connectivity index (χ0) is 14.1. The van der Waals surface area contributed by atoms with Gasteiger partial charge in [-0.3, -0.25) is 0 Å². The van der Waals surface area contributed by atoms with Crippen molar-refractivity contribution in [3.05, 3.63) is 0 Å². The Morgan fingerprint density at radius 2 is 1.95 bits per heavy atom. The highest BCUT2D eigenvalue weighted by molar-refractivity contribution is 4.85. The first-order valence-corrected chi connectivity index (χ1v) is 8.24. The second kappa shape index (κ2) is 8.93. The number of hydrogen-bond donors (Lipinski definition) is 1. The normalized spacial score (nSPS) is 21.8. The summed E-state index contributed by atoms with van der Waals surface area (Å²) >= 11 is 0. The van der Waals surface area contributed by atoms with Gasteiger partial charge in [0.1, 0.15) is 0 Å². The highest BCUT2D eigenvalue weighted by atomic mass is 16.5. The molecule has 1 rings (SSSR count). The van der Waals surface area contributed by atoms with Crippen LogP contribution in [0.3, 0.4) is 0 Å². The fourth-order valence-corrected chi connectivity index (χ4v) is 3.17. The molecule has 19 heavy (non-hydrogen) atoms. The fourth-order valence-electron chi connectivity index (χ4n) is 3.17. The van der Waals surface area contributed by atoms with Crippen LogP contribution in [0.15, 0.2) is 0 Å². The lowest BCUT2D eigenvalue weighted by molar-refractivity contribution is -0.00799. The Kier molecular flexibility index (Phi) is 7.96. The highest BCUT2D eigenvalue weighted by Gasteiger charge is 2.30. The lowest BCUT2D eigenvalue weighted by atomic mass is 9.81. The van der Waals surface area contributed by atoms with Gasteiger partial charge in [-0.05, 0) is 51.1 Å². The third-order valence-electron chi connectivity index (χ3n) is 4.67. The van der Waals surface area contributed by atoms with Crippen molar-refractivity contribution in [2.24, 2.45) is 5.41 Å². The molecule has 0 saturated carbocycles. The van der Waals surface area contributed by atoms with Crippen LogP contribution < -0.4 is 5.32 Å². The molecule has 0 radical (unpaired) electrons. The Morgan fingerprint density at radius 1 is 1.21 bits per heavy atom. The molecule has 3 nitrogen and oxygen atoms in total. The van der Waals surface area contributed by atoms with Gasteiger partial charge in [0, 0.05) is 26.2 Å². The summed E-state index contributed by atoms with van der Waals surface area (Å²) in [5.74, 6) is 0. The minimum Gasteiger partial charge on any atom is -0.377 e. The van der Waals surface area contributed by atoms with Gasteiger partial charge in [-0.1, -0.05) is 20.8 Å². The number of likely N-dealkylation sites (tertiary alicyclic amines) is 1. The molecule has 3 heteroatoms. The van der Waals surface area contributed by atoms with E-state index in [0.717, 1.165) is 26.2 Å². The van der Waals surface area contributed by atoms with E-state index in [9.17, 15) is 0 Å². The average Bonchev–Trinajstić information content (AvgIpc) is 2.44. The maximum Gasteiger partial charge on any atom is 0.0702 e. The standard InChI is InChI=1S/C16H34N2O/c1-5-16(6-2,13-17-7-3)14-18-11-9-10-15(12-18)19-8-4/h15,17H,5-14H2,1-4H3. The van der Waals surface area contributed by atoms with Gasteiger partial charge in [0.2, 0.25) is 0 Å². The van der Waals surface area contributed by atoms with E-state index in [2.05, 4.69) is 37.9 Å². The van der Waals surface area contributed by atoms with Gasteiger partial charge < -0.3 is 15.0 Å². The number of piperidine rings is 1. The summed E-state index contributed by atoms with van der Waals surface area (Å²) in [7, 11) is 0. The first kappa shape index (κ1) is 16.9. The predicted molar refractivity (Wildman–Crippen MR) is 82.6 cm³/mol. The van der Waals surface area contributed by atoms with Gasteiger partial charge in [0.25, 0.3) is 0 Å². The van der Waals surface area contributed by atoms with Crippen LogP contribution in [-0.2, 0) is 4.74 Å². The highest BCUT2D eigenvalue weighted by Crippen LogP contribution is 2.28. The summed E-state index contributed by atoms with van der Waals surface area (Å²) in [6, 6.07) is 0. The molecular weight excluding hydrogens is 236 g/mol. The maximum atomic E-state index is 5.82. The van der Waals surface area contributed by atoms with Crippen molar-refractivity contribution >= 4 is 0 Å². The van der Waals surface area contributed by atoms with Gasteiger partial charge >= 0.3 is 0 Å². The van der Waals surface area contributed by atoms with Crippen molar-refractivity contribution in [1.82, 2.24) is 10.2 Å². The molecule has 1 N–H and O–H groups in total. The summed E-state index contributed by atoms with van der Waals surface area (Å²) in [5.41, 5.74) is 0.435. The summed E-state index contributed by atoms with van der Waals surface area (Å²) in [6.07, 6.45) is 5.50. The molecule has 1 fully saturated rings. The summed E-state index contributed by atoms with van der Waals surface area (Å²) in [6.45, 7) is 15.6. The number of hydrogen-bond acceptors (Lipinski definition) is 3. The largest absolute Gasteiger partial charge is 0.377 e. The summed E-state index contributed by atoms with van der Waals surface area (Å²) in [5, 5.41) is 3.56. The fraction of sp³-hybridized carbons (Fsp3) is 1.00. The predicted octanol–water partition coefficient (Wildman–Crippen LogP) is 2.90.